The van der Waals surface area contributed by atoms with Crippen molar-refractivity contribution in [3.05, 3.63) is 48.2 Å². The van der Waals surface area contributed by atoms with Gasteiger partial charge in [0.2, 0.25) is 0 Å². The summed E-state index contributed by atoms with van der Waals surface area (Å²) in [6, 6.07) is 11.4. The minimum absolute atomic E-state index is 0.0240. The van der Waals surface area contributed by atoms with Gasteiger partial charge < -0.3 is 15.3 Å². The van der Waals surface area contributed by atoms with Crippen LogP contribution in [0.5, 0.6) is 0 Å². The molecular weight excluding hydrogens is 386 g/mol. The highest BCUT2D eigenvalue weighted by atomic mass is 16.4. The Morgan fingerprint density at radius 1 is 1.27 bits per heavy atom. The van der Waals surface area contributed by atoms with Crippen molar-refractivity contribution >= 4 is 34.7 Å². The number of rotatable bonds is 4. The first-order chi connectivity index (χ1) is 14.4. The molecule has 30 heavy (non-hydrogen) atoms. The number of nitrogens with zero attached hydrogens (tertiary/aromatic N) is 4. The standard InChI is InChI=1S/C20H23N7O3/c1-26-10-14(12-6-4-3-5-7-12)16(11-26)22-19(28)23-17-8-15-13(9-21-17)18(25-24-15)27(2)20(29)30/h3-9,14,16H,10-11H2,1-2H3,(H,24,25)(H,29,30)(H2,21,22,23,28)/t14-,16+/m0/s1. The molecule has 4 rings (SSSR count). The van der Waals surface area contributed by atoms with Crippen LogP contribution in [0.4, 0.5) is 21.2 Å². The van der Waals surface area contributed by atoms with Gasteiger partial charge in [-0.3, -0.25) is 15.3 Å². The molecule has 1 aliphatic heterocycles. The summed E-state index contributed by atoms with van der Waals surface area (Å²) < 4.78 is 0. The molecule has 0 aliphatic carbocycles. The molecule has 3 aromatic rings. The molecule has 3 heterocycles. The number of hydrogen-bond acceptors (Lipinski definition) is 5. The molecule has 1 aliphatic rings. The summed E-state index contributed by atoms with van der Waals surface area (Å²) in [6.07, 6.45) is 0.360. The molecule has 2 atom stereocenters. The number of anilines is 2. The highest BCUT2D eigenvalue weighted by Crippen LogP contribution is 2.27. The van der Waals surface area contributed by atoms with Gasteiger partial charge in [0.15, 0.2) is 5.82 Å². The van der Waals surface area contributed by atoms with Crippen LogP contribution in [-0.4, -0.2) is 70.5 Å². The number of nitrogens with one attached hydrogen (secondary N) is 3. The highest BCUT2D eigenvalue weighted by molar-refractivity contribution is 5.99. The number of hydrogen-bond donors (Lipinski definition) is 4. The first-order valence-electron chi connectivity index (χ1n) is 9.54. The molecule has 0 spiro atoms. The van der Waals surface area contributed by atoms with Crippen LogP contribution >= 0.6 is 0 Å². The summed E-state index contributed by atoms with van der Waals surface area (Å²) in [6.45, 7) is 1.62. The summed E-state index contributed by atoms with van der Waals surface area (Å²) in [5.41, 5.74) is 1.77. The zero-order valence-corrected chi connectivity index (χ0v) is 16.7. The van der Waals surface area contributed by atoms with Crippen molar-refractivity contribution in [3.8, 4) is 0 Å². The minimum Gasteiger partial charge on any atom is -0.465 e. The fraction of sp³-hybridized carbons (Fsp3) is 0.300. The number of amides is 3. The maximum absolute atomic E-state index is 12.6. The Kier molecular flexibility index (Phi) is 5.23. The second-order valence-corrected chi connectivity index (χ2v) is 7.45. The number of carboxylic acid groups (broad SMARTS) is 1. The van der Waals surface area contributed by atoms with Crippen LogP contribution in [0, 0.1) is 0 Å². The Morgan fingerprint density at radius 2 is 2.03 bits per heavy atom. The van der Waals surface area contributed by atoms with Gasteiger partial charge in [0, 0.05) is 38.3 Å². The van der Waals surface area contributed by atoms with E-state index in [1.165, 1.54) is 18.8 Å². The van der Waals surface area contributed by atoms with Gasteiger partial charge in [-0.2, -0.15) is 5.10 Å². The minimum atomic E-state index is -1.13. The summed E-state index contributed by atoms with van der Waals surface area (Å²) in [7, 11) is 3.44. The molecule has 10 nitrogen and oxygen atoms in total. The number of benzene rings is 1. The third kappa shape index (κ3) is 3.90. The smallest absolute Gasteiger partial charge is 0.412 e. The van der Waals surface area contributed by atoms with E-state index >= 15 is 0 Å². The lowest BCUT2D eigenvalue weighted by Crippen LogP contribution is -2.42. The molecule has 3 amide bonds. The topological polar surface area (TPSA) is 126 Å². The van der Waals surface area contributed by atoms with Crippen molar-refractivity contribution in [1.82, 2.24) is 25.4 Å². The second-order valence-electron chi connectivity index (χ2n) is 7.45. The summed E-state index contributed by atoms with van der Waals surface area (Å²) >= 11 is 0. The van der Waals surface area contributed by atoms with E-state index in [-0.39, 0.29) is 23.8 Å². The number of pyridine rings is 1. The molecule has 2 aromatic heterocycles. The number of carbonyl (C=O) groups is 2. The average molecular weight is 409 g/mol. The van der Waals surface area contributed by atoms with Crippen LogP contribution < -0.4 is 15.5 Å². The van der Waals surface area contributed by atoms with Gasteiger partial charge in [0.25, 0.3) is 0 Å². The van der Waals surface area contributed by atoms with E-state index in [1.54, 1.807) is 6.07 Å². The quantitative estimate of drug-likeness (QED) is 0.524. The number of H-pyrrole nitrogens is 1. The Labute approximate surface area is 172 Å². The number of aromatic amines is 1. The molecular formula is C20H23N7O3. The van der Waals surface area contributed by atoms with Crippen LogP contribution in [0.2, 0.25) is 0 Å². The predicted octanol–water partition coefficient (Wildman–Crippen LogP) is 2.29. The van der Waals surface area contributed by atoms with E-state index in [1.807, 2.05) is 25.2 Å². The van der Waals surface area contributed by atoms with E-state index in [9.17, 15) is 9.59 Å². The van der Waals surface area contributed by atoms with Gasteiger partial charge in [0.1, 0.15) is 5.82 Å². The normalized spacial score (nSPS) is 19.0. The first-order valence-corrected chi connectivity index (χ1v) is 9.54. The Balaban J connectivity index is 1.46. The van der Waals surface area contributed by atoms with E-state index < -0.39 is 6.09 Å². The summed E-state index contributed by atoms with van der Waals surface area (Å²) in [5, 5.41) is 22.3. The average Bonchev–Trinajstić information content (AvgIpc) is 3.30. The number of urea groups is 1. The van der Waals surface area contributed by atoms with Crippen molar-refractivity contribution in [3.63, 3.8) is 0 Å². The van der Waals surface area contributed by atoms with Crippen LogP contribution in [0.15, 0.2) is 42.6 Å². The fourth-order valence-corrected chi connectivity index (χ4v) is 3.82. The van der Waals surface area contributed by atoms with Gasteiger partial charge >= 0.3 is 12.1 Å². The van der Waals surface area contributed by atoms with Gasteiger partial charge in [-0.1, -0.05) is 30.3 Å². The predicted molar refractivity (Wildman–Crippen MR) is 113 cm³/mol. The molecule has 4 N–H and O–H groups in total. The van der Waals surface area contributed by atoms with Crippen molar-refractivity contribution < 1.29 is 14.7 Å². The molecule has 0 radical (unpaired) electrons. The number of fused-ring (bicyclic) bond motifs is 1. The molecule has 156 valence electrons. The number of likely N-dealkylation sites (tertiary alicyclic amines) is 1. The number of likely N-dealkylation sites (N-methyl/N-ethyl adjacent to an activating group) is 1. The molecule has 0 unspecified atom stereocenters. The number of carbonyl (C=O) groups excluding carboxylic acids is 1. The molecule has 1 fully saturated rings. The maximum atomic E-state index is 12.6. The highest BCUT2D eigenvalue weighted by Gasteiger charge is 2.33. The number of aromatic nitrogens is 3. The van der Waals surface area contributed by atoms with Crippen molar-refractivity contribution in [2.75, 3.05) is 37.4 Å². The molecule has 10 heteroatoms. The molecule has 1 aromatic carbocycles. The lowest BCUT2D eigenvalue weighted by atomic mass is 9.94. The maximum Gasteiger partial charge on any atom is 0.412 e. The van der Waals surface area contributed by atoms with Gasteiger partial charge in [-0.15, -0.1) is 0 Å². The Bertz CT molecular complexity index is 1070. The molecule has 0 bridgehead atoms. The third-order valence-electron chi connectivity index (χ3n) is 5.32. The molecule has 0 saturated carbocycles. The van der Waals surface area contributed by atoms with Gasteiger partial charge in [-0.05, 0) is 12.6 Å². The first kappa shape index (κ1) is 19.6. The summed E-state index contributed by atoms with van der Waals surface area (Å²) in [5.74, 6) is 0.801. The van der Waals surface area contributed by atoms with Crippen molar-refractivity contribution in [2.45, 2.75) is 12.0 Å². The third-order valence-corrected chi connectivity index (χ3v) is 5.32. The second kappa shape index (κ2) is 7.99. The zero-order chi connectivity index (χ0) is 21.3. The SMILES string of the molecule is CN1C[C@@H](NC(=O)Nc2cc3[nH]nc(N(C)C(=O)O)c3cn2)[C@H](c2ccccc2)C1. The zero-order valence-electron chi connectivity index (χ0n) is 16.7. The molecule has 1 saturated heterocycles. The summed E-state index contributed by atoms with van der Waals surface area (Å²) in [4.78, 5) is 31.2. The van der Waals surface area contributed by atoms with Crippen molar-refractivity contribution in [2.24, 2.45) is 0 Å². The van der Waals surface area contributed by atoms with Crippen molar-refractivity contribution in [1.29, 1.82) is 0 Å². The van der Waals surface area contributed by atoms with E-state index in [0.717, 1.165) is 18.0 Å². The van der Waals surface area contributed by atoms with Crippen LogP contribution in [0.1, 0.15) is 11.5 Å². The Hall–Kier alpha value is -3.66. The van der Waals surface area contributed by atoms with Gasteiger partial charge in [0.05, 0.1) is 16.9 Å². The lowest BCUT2D eigenvalue weighted by Gasteiger charge is -2.20. The van der Waals surface area contributed by atoms with Crippen LogP contribution in [-0.2, 0) is 0 Å². The Morgan fingerprint density at radius 3 is 2.77 bits per heavy atom. The van der Waals surface area contributed by atoms with E-state index in [4.69, 9.17) is 5.11 Å². The largest absolute Gasteiger partial charge is 0.465 e. The lowest BCUT2D eigenvalue weighted by molar-refractivity contribution is 0.203. The fourth-order valence-electron chi connectivity index (χ4n) is 3.82. The van der Waals surface area contributed by atoms with Crippen LogP contribution in [0.25, 0.3) is 10.9 Å². The van der Waals surface area contributed by atoms with Gasteiger partial charge in [-0.25, -0.2) is 14.6 Å². The van der Waals surface area contributed by atoms with E-state index in [0.29, 0.717) is 16.7 Å². The van der Waals surface area contributed by atoms with Crippen LogP contribution in [0.3, 0.4) is 0 Å². The van der Waals surface area contributed by atoms with E-state index in [2.05, 4.69) is 42.8 Å². The monoisotopic (exact) mass is 409 g/mol.